The third-order valence-corrected chi connectivity index (χ3v) is 6.98. The SMILES string of the molecule is Cc1ccc(Nc2ccc(NC3c4ccc(Cl)c(O)c4C(C)(C)CC3(O)C(F)(F)F)cc2C=N)cc1. The Morgan fingerprint density at radius 2 is 1.69 bits per heavy atom. The van der Waals surface area contributed by atoms with Gasteiger partial charge >= 0.3 is 6.18 Å². The molecule has 0 heterocycles. The lowest BCUT2D eigenvalue weighted by Crippen LogP contribution is -2.58. The van der Waals surface area contributed by atoms with Gasteiger partial charge in [0, 0.05) is 34.4 Å². The molecule has 0 amide bonds. The van der Waals surface area contributed by atoms with E-state index in [9.17, 15) is 23.4 Å². The quantitative estimate of drug-likeness (QED) is 0.231. The first-order valence-corrected chi connectivity index (χ1v) is 11.7. The summed E-state index contributed by atoms with van der Waals surface area (Å²) in [6.45, 7) is 5.04. The van der Waals surface area contributed by atoms with E-state index in [0.717, 1.165) is 17.5 Å². The molecule has 0 saturated carbocycles. The molecular formula is C27H27ClF3N3O2. The fraction of sp³-hybridized carbons (Fsp3) is 0.296. The Kier molecular flexibility index (Phi) is 6.47. The number of rotatable bonds is 5. The van der Waals surface area contributed by atoms with Crippen LogP contribution in [0.3, 0.4) is 0 Å². The normalized spacial score (nSPS) is 20.9. The number of anilines is 3. The van der Waals surface area contributed by atoms with Gasteiger partial charge in [-0.3, -0.25) is 0 Å². The van der Waals surface area contributed by atoms with Crippen LogP contribution >= 0.6 is 11.6 Å². The zero-order chi connectivity index (χ0) is 26.5. The lowest BCUT2D eigenvalue weighted by Gasteiger charge is -2.49. The largest absolute Gasteiger partial charge is 0.506 e. The Bertz CT molecular complexity index is 1310. The minimum absolute atomic E-state index is 0.0237. The molecule has 3 aromatic rings. The van der Waals surface area contributed by atoms with E-state index in [0.29, 0.717) is 11.3 Å². The molecule has 0 fully saturated rings. The molecule has 5 nitrogen and oxygen atoms in total. The Labute approximate surface area is 212 Å². The molecule has 3 aromatic carbocycles. The summed E-state index contributed by atoms with van der Waals surface area (Å²) in [4.78, 5) is 0. The van der Waals surface area contributed by atoms with E-state index >= 15 is 0 Å². The molecule has 36 heavy (non-hydrogen) atoms. The molecule has 2 atom stereocenters. The van der Waals surface area contributed by atoms with Crippen molar-refractivity contribution in [3.63, 3.8) is 0 Å². The van der Waals surface area contributed by atoms with Crippen LogP contribution in [0.5, 0.6) is 5.75 Å². The molecule has 1 aliphatic carbocycles. The second-order valence-electron chi connectivity index (χ2n) is 9.86. The summed E-state index contributed by atoms with van der Waals surface area (Å²) in [7, 11) is 0. The van der Waals surface area contributed by atoms with Crippen molar-refractivity contribution < 1.29 is 23.4 Å². The topological polar surface area (TPSA) is 88.4 Å². The summed E-state index contributed by atoms with van der Waals surface area (Å²) >= 11 is 6.09. The van der Waals surface area contributed by atoms with Crippen molar-refractivity contribution in [1.29, 1.82) is 5.41 Å². The molecule has 0 bridgehead atoms. The molecule has 9 heteroatoms. The first-order valence-electron chi connectivity index (χ1n) is 11.3. The van der Waals surface area contributed by atoms with Gasteiger partial charge in [0.2, 0.25) is 0 Å². The molecule has 5 N–H and O–H groups in total. The smallest absolute Gasteiger partial charge is 0.419 e. The zero-order valence-corrected chi connectivity index (χ0v) is 20.7. The van der Waals surface area contributed by atoms with Gasteiger partial charge < -0.3 is 26.3 Å². The van der Waals surface area contributed by atoms with Crippen molar-refractivity contribution in [2.45, 2.75) is 50.4 Å². The predicted octanol–water partition coefficient (Wildman–Crippen LogP) is 7.22. The molecular weight excluding hydrogens is 491 g/mol. The second-order valence-corrected chi connectivity index (χ2v) is 10.3. The summed E-state index contributed by atoms with van der Waals surface area (Å²) in [5.74, 6) is -0.298. The van der Waals surface area contributed by atoms with Crippen LogP contribution in [0.2, 0.25) is 5.02 Å². The Hall–Kier alpha value is -3.23. The van der Waals surface area contributed by atoms with Gasteiger partial charge in [-0.05, 0) is 60.7 Å². The second kappa shape index (κ2) is 9.01. The van der Waals surface area contributed by atoms with Gasteiger partial charge in [-0.15, -0.1) is 0 Å². The number of phenolic OH excluding ortho intramolecular Hbond substituents is 1. The van der Waals surface area contributed by atoms with E-state index in [1.165, 1.54) is 32.0 Å². The highest BCUT2D eigenvalue weighted by molar-refractivity contribution is 6.32. The zero-order valence-electron chi connectivity index (χ0n) is 20.0. The number of nitrogens with one attached hydrogen (secondary N) is 3. The third kappa shape index (κ3) is 4.51. The van der Waals surface area contributed by atoms with Gasteiger partial charge in [0.05, 0.1) is 11.1 Å². The fourth-order valence-electron chi connectivity index (χ4n) is 4.96. The number of phenols is 1. The lowest BCUT2D eigenvalue weighted by molar-refractivity contribution is -0.275. The maximum atomic E-state index is 14.4. The Morgan fingerprint density at radius 3 is 2.31 bits per heavy atom. The number of alkyl halides is 3. The molecule has 2 unspecified atom stereocenters. The molecule has 0 saturated heterocycles. The van der Waals surface area contributed by atoms with Crippen LogP contribution in [0.15, 0.2) is 54.6 Å². The minimum atomic E-state index is -4.97. The standard InChI is InChI=1S/C27H27ClF3N3O2/c1-15-4-6-17(7-5-15)33-21-11-8-18(12-16(21)13-32)34-24-19-9-10-20(28)23(35)22(19)25(2,3)14-26(24,36)27(29,30)31/h4-13,24,32-36H,14H2,1-3H3. The number of hydrogen-bond acceptors (Lipinski definition) is 5. The monoisotopic (exact) mass is 517 g/mol. The van der Waals surface area contributed by atoms with E-state index in [1.54, 1.807) is 12.1 Å². The van der Waals surface area contributed by atoms with Gasteiger partial charge in [0.25, 0.3) is 0 Å². The third-order valence-electron chi connectivity index (χ3n) is 6.68. The number of aromatic hydroxyl groups is 1. The van der Waals surface area contributed by atoms with E-state index < -0.39 is 29.7 Å². The van der Waals surface area contributed by atoms with Gasteiger partial charge in [-0.25, -0.2) is 0 Å². The van der Waals surface area contributed by atoms with E-state index in [1.807, 2.05) is 31.2 Å². The first kappa shape index (κ1) is 25.9. The van der Waals surface area contributed by atoms with Crippen LogP contribution in [0, 0.1) is 12.3 Å². The Morgan fingerprint density at radius 1 is 1.06 bits per heavy atom. The van der Waals surface area contributed by atoms with Gasteiger partial charge in [-0.1, -0.05) is 49.2 Å². The van der Waals surface area contributed by atoms with Crippen LogP contribution in [0.25, 0.3) is 0 Å². The van der Waals surface area contributed by atoms with Crippen molar-refractivity contribution >= 4 is 34.9 Å². The molecule has 1 aliphatic rings. The fourth-order valence-corrected chi connectivity index (χ4v) is 5.12. The van der Waals surface area contributed by atoms with Crippen LogP contribution in [-0.4, -0.2) is 28.2 Å². The summed E-state index contributed by atoms with van der Waals surface area (Å²) in [6.07, 6.45) is -4.56. The summed E-state index contributed by atoms with van der Waals surface area (Å²) in [6, 6.07) is 13.5. The highest BCUT2D eigenvalue weighted by Gasteiger charge is 2.64. The van der Waals surface area contributed by atoms with Crippen molar-refractivity contribution in [3.8, 4) is 5.75 Å². The van der Waals surface area contributed by atoms with Crippen LogP contribution in [0.4, 0.5) is 30.2 Å². The molecule has 4 rings (SSSR count). The van der Waals surface area contributed by atoms with Crippen molar-refractivity contribution in [2.75, 3.05) is 10.6 Å². The number of fused-ring (bicyclic) bond motifs is 1. The maximum absolute atomic E-state index is 14.4. The minimum Gasteiger partial charge on any atom is -0.506 e. The predicted molar refractivity (Wildman–Crippen MR) is 137 cm³/mol. The summed E-state index contributed by atoms with van der Waals surface area (Å²) < 4.78 is 43.1. The average Bonchev–Trinajstić information content (AvgIpc) is 2.79. The lowest BCUT2D eigenvalue weighted by atomic mass is 9.63. The molecule has 190 valence electrons. The summed E-state index contributed by atoms with van der Waals surface area (Å²) in [5, 5.41) is 35.7. The molecule has 0 radical (unpaired) electrons. The highest BCUT2D eigenvalue weighted by atomic mass is 35.5. The van der Waals surface area contributed by atoms with Crippen LogP contribution in [0.1, 0.15) is 48.6 Å². The number of aryl methyl sites for hydroxylation is 1. The van der Waals surface area contributed by atoms with E-state index in [4.69, 9.17) is 17.0 Å². The molecule has 0 aliphatic heterocycles. The van der Waals surface area contributed by atoms with Crippen molar-refractivity contribution in [1.82, 2.24) is 0 Å². The first-order chi connectivity index (χ1) is 16.8. The van der Waals surface area contributed by atoms with E-state index in [-0.39, 0.29) is 27.6 Å². The van der Waals surface area contributed by atoms with Crippen LogP contribution in [-0.2, 0) is 5.41 Å². The van der Waals surface area contributed by atoms with Crippen LogP contribution < -0.4 is 10.6 Å². The number of benzene rings is 3. The molecule has 0 spiro atoms. The maximum Gasteiger partial charge on any atom is 0.419 e. The molecule has 0 aromatic heterocycles. The van der Waals surface area contributed by atoms with Crippen molar-refractivity contribution in [3.05, 3.63) is 81.9 Å². The number of halogens is 4. The number of aliphatic hydroxyl groups is 1. The number of hydrogen-bond donors (Lipinski definition) is 5. The Balaban J connectivity index is 1.77. The van der Waals surface area contributed by atoms with Gasteiger partial charge in [0.15, 0.2) is 5.60 Å². The van der Waals surface area contributed by atoms with Crippen molar-refractivity contribution in [2.24, 2.45) is 0 Å². The van der Waals surface area contributed by atoms with Gasteiger partial charge in [-0.2, -0.15) is 13.2 Å². The van der Waals surface area contributed by atoms with E-state index in [2.05, 4.69) is 10.6 Å². The average molecular weight is 518 g/mol. The summed E-state index contributed by atoms with van der Waals surface area (Å²) in [5.41, 5.74) is -0.790. The highest BCUT2D eigenvalue weighted by Crippen LogP contribution is 2.57. The van der Waals surface area contributed by atoms with Gasteiger partial charge in [0.1, 0.15) is 5.75 Å².